The Balaban J connectivity index is 2.32. The first kappa shape index (κ1) is 12.7. The Kier molecular flexibility index (Phi) is 3.75. The summed E-state index contributed by atoms with van der Waals surface area (Å²) in [5, 5.41) is 1.06. The van der Waals surface area contributed by atoms with Gasteiger partial charge >= 0.3 is 0 Å². The van der Waals surface area contributed by atoms with Crippen LogP contribution in [0.25, 0.3) is 17.4 Å². The zero-order valence-electron chi connectivity index (χ0n) is 9.19. The molecule has 0 atom stereocenters. The predicted molar refractivity (Wildman–Crippen MR) is 72.4 cm³/mol. The average Bonchev–Trinajstić information content (AvgIpc) is 2.73. The summed E-state index contributed by atoms with van der Waals surface area (Å²) in [6, 6.07) is 8.62. The van der Waals surface area contributed by atoms with Gasteiger partial charge in [0.2, 0.25) is 5.91 Å². The van der Waals surface area contributed by atoms with E-state index in [0.29, 0.717) is 21.6 Å². The van der Waals surface area contributed by atoms with Gasteiger partial charge in [0.25, 0.3) is 0 Å². The van der Waals surface area contributed by atoms with Crippen molar-refractivity contribution in [3.05, 3.63) is 52.2 Å². The zero-order valence-corrected chi connectivity index (χ0v) is 10.7. The molecule has 0 fully saturated rings. The van der Waals surface area contributed by atoms with Crippen molar-refractivity contribution in [1.82, 2.24) is 0 Å². The molecular formula is C13H9Cl2NO2. The lowest BCUT2D eigenvalue weighted by atomic mass is 10.2. The SMILES string of the molecule is NC(=O)/C=C/c1ccc(-c2cc(Cl)cc(Cl)c2)o1. The van der Waals surface area contributed by atoms with Crippen LogP contribution in [0.5, 0.6) is 0 Å². The molecule has 0 spiro atoms. The Morgan fingerprint density at radius 2 is 1.83 bits per heavy atom. The number of furan rings is 1. The number of hydrogen-bond donors (Lipinski definition) is 1. The molecule has 0 aliphatic rings. The summed E-state index contributed by atoms with van der Waals surface area (Å²) in [7, 11) is 0. The fourth-order valence-corrected chi connectivity index (χ4v) is 1.98. The van der Waals surface area contributed by atoms with E-state index in [2.05, 4.69) is 0 Å². The Hall–Kier alpha value is -1.71. The predicted octanol–water partition coefficient (Wildman–Crippen LogP) is 3.75. The average molecular weight is 282 g/mol. The fourth-order valence-electron chi connectivity index (χ4n) is 1.46. The number of rotatable bonds is 3. The normalized spacial score (nSPS) is 11.0. The summed E-state index contributed by atoms with van der Waals surface area (Å²) in [5.74, 6) is 0.613. The molecule has 0 aliphatic carbocycles. The highest BCUT2D eigenvalue weighted by Crippen LogP contribution is 2.28. The summed E-state index contributed by atoms with van der Waals surface area (Å²) in [4.78, 5) is 10.6. The van der Waals surface area contributed by atoms with E-state index in [4.69, 9.17) is 33.4 Å². The molecule has 18 heavy (non-hydrogen) atoms. The fraction of sp³-hybridized carbons (Fsp3) is 0. The van der Waals surface area contributed by atoms with Gasteiger partial charge in [0.1, 0.15) is 11.5 Å². The second kappa shape index (κ2) is 5.29. The van der Waals surface area contributed by atoms with Gasteiger partial charge < -0.3 is 10.2 Å². The van der Waals surface area contributed by atoms with Crippen LogP contribution in [0, 0.1) is 0 Å². The zero-order chi connectivity index (χ0) is 13.1. The third kappa shape index (κ3) is 3.15. The molecule has 0 saturated heterocycles. The molecule has 1 heterocycles. The van der Waals surface area contributed by atoms with Gasteiger partial charge in [-0.2, -0.15) is 0 Å². The van der Waals surface area contributed by atoms with Crippen LogP contribution in [0.2, 0.25) is 10.0 Å². The minimum atomic E-state index is -0.529. The molecule has 0 unspecified atom stereocenters. The third-order valence-corrected chi connectivity index (χ3v) is 2.62. The van der Waals surface area contributed by atoms with E-state index in [1.165, 1.54) is 12.2 Å². The number of hydrogen-bond acceptors (Lipinski definition) is 2. The number of carbonyl (C=O) groups excluding carboxylic acids is 1. The van der Waals surface area contributed by atoms with Crippen LogP contribution in [0.15, 0.2) is 40.8 Å². The third-order valence-electron chi connectivity index (χ3n) is 2.19. The number of nitrogens with two attached hydrogens (primary N) is 1. The van der Waals surface area contributed by atoms with Gasteiger partial charge in [0.05, 0.1) is 0 Å². The topological polar surface area (TPSA) is 56.2 Å². The maximum absolute atomic E-state index is 10.6. The van der Waals surface area contributed by atoms with Crippen molar-refractivity contribution in [1.29, 1.82) is 0 Å². The van der Waals surface area contributed by atoms with Gasteiger partial charge in [-0.1, -0.05) is 23.2 Å². The van der Waals surface area contributed by atoms with Crippen LogP contribution in [-0.4, -0.2) is 5.91 Å². The Labute approximate surface area is 114 Å². The second-order valence-electron chi connectivity index (χ2n) is 3.60. The van der Waals surface area contributed by atoms with Crippen molar-refractivity contribution in [3.63, 3.8) is 0 Å². The molecule has 2 rings (SSSR count). The van der Waals surface area contributed by atoms with E-state index in [1.807, 2.05) is 0 Å². The molecule has 92 valence electrons. The van der Waals surface area contributed by atoms with Gasteiger partial charge in [0.15, 0.2) is 0 Å². The number of halogens is 2. The summed E-state index contributed by atoms with van der Waals surface area (Å²) in [6.07, 6.45) is 2.73. The van der Waals surface area contributed by atoms with Crippen LogP contribution in [0.3, 0.4) is 0 Å². The summed E-state index contributed by atoms with van der Waals surface area (Å²) >= 11 is 11.8. The maximum atomic E-state index is 10.6. The molecule has 1 amide bonds. The lowest BCUT2D eigenvalue weighted by molar-refractivity contribution is -0.113. The summed E-state index contributed by atoms with van der Waals surface area (Å²) in [5.41, 5.74) is 5.77. The van der Waals surface area contributed by atoms with Crippen molar-refractivity contribution in [2.75, 3.05) is 0 Å². The van der Waals surface area contributed by atoms with E-state index in [-0.39, 0.29) is 0 Å². The van der Waals surface area contributed by atoms with E-state index in [9.17, 15) is 4.79 Å². The highest BCUT2D eigenvalue weighted by atomic mass is 35.5. The van der Waals surface area contributed by atoms with Gasteiger partial charge in [0, 0.05) is 21.7 Å². The van der Waals surface area contributed by atoms with Crippen LogP contribution < -0.4 is 5.73 Å². The van der Waals surface area contributed by atoms with E-state index in [1.54, 1.807) is 30.3 Å². The smallest absolute Gasteiger partial charge is 0.241 e. The van der Waals surface area contributed by atoms with E-state index >= 15 is 0 Å². The van der Waals surface area contributed by atoms with Crippen LogP contribution in [-0.2, 0) is 4.79 Å². The van der Waals surface area contributed by atoms with Crippen molar-refractivity contribution >= 4 is 35.2 Å². The highest BCUT2D eigenvalue weighted by molar-refractivity contribution is 6.35. The van der Waals surface area contributed by atoms with E-state index < -0.39 is 5.91 Å². The minimum Gasteiger partial charge on any atom is -0.457 e. The highest BCUT2D eigenvalue weighted by Gasteiger charge is 2.05. The maximum Gasteiger partial charge on any atom is 0.241 e. The monoisotopic (exact) mass is 281 g/mol. The molecule has 1 aromatic carbocycles. The van der Waals surface area contributed by atoms with Crippen molar-refractivity contribution in [2.24, 2.45) is 5.73 Å². The molecule has 2 N–H and O–H groups in total. The first-order valence-corrected chi connectivity index (χ1v) is 5.84. The Morgan fingerprint density at radius 1 is 1.17 bits per heavy atom. The van der Waals surface area contributed by atoms with Crippen molar-refractivity contribution < 1.29 is 9.21 Å². The van der Waals surface area contributed by atoms with Gasteiger partial charge in [-0.15, -0.1) is 0 Å². The number of primary amides is 1. The quantitative estimate of drug-likeness (QED) is 0.871. The number of amides is 1. The first-order valence-electron chi connectivity index (χ1n) is 5.08. The number of carbonyl (C=O) groups is 1. The van der Waals surface area contributed by atoms with Crippen molar-refractivity contribution in [3.8, 4) is 11.3 Å². The summed E-state index contributed by atoms with van der Waals surface area (Å²) in [6.45, 7) is 0. The molecule has 0 radical (unpaired) electrons. The van der Waals surface area contributed by atoms with Crippen LogP contribution in [0.1, 0.15) is 5.76 Å². The van der Waals surface area contributed by atoms with Gasteiger partial charge in [-0.05, 0) is 36.4 Å². The molecule has 2 aromatic rings. The molecule has 0 bridgehead atoms. The lowest BCUT2D eigenvalue weighted by Gasteiger charge is -1.99. The standard InChI is InChI=1S/C13H9Cl2NO2/c14-9-5-8(6-10(15)7-9)12-3-1-11(18-12)2-4-13(16)17/h1-7H,(H2,16,17)/b4-2+. The largest absolute Gasteiger partial charge is 0.457 e. The molecule has 1 aromatic heterocycles. The second-order valence-corrected chi connectivity index (χ2v) is 4.47. The summed E-state index contributed by atoms with van der Waals surface area (Å²) < 4.78 is 5.52. The number of benzene rings is 1. The Bertz CT molecular complexity index is 597. The Morgan fingerprint density at radius 3 is 2.44 bits per heavy atom. The van der Waals surface area contributed by atoms with Crippen molar-refractivity contribution in [2.45, 2.75) is 0 Å². The van der Waals surface area contributed by atoms with E-state index in [0.717, 1.165) is 5.56 Å². The van der Waals surface area contributed by atoms with Crippen LogP contribution >= 0.6 is 23.2 Å². The van der Waals surface area contributed by atoms with Crippen LogP contribution in [0.4, 0.5) is 0 Å². The molecule has 3 nitrogen and oxygen atoms in total. The first-order chi connectivity index (χ1) is 8.54. The molecule has 5 heteroatoms. The molecular weight excluding hydrogens is 273 g/mol. The molecule has 0 aliphatic heterocycles. The van der Waals surface area contributed by atoms with Gasteiger partial charge in [-0.25, -0.2) is 0 Å². The van der Waals surface area contributed by atoms with Gasteiger partial charge in [-0.3, -0.25) is 4.79 Å². The lowest BCUT2D eigenvalue weighted by Crippen LogP contribution is -2.04. The minimum absolute atomic E-state index is 0.528. The molecule has 0 saturated carbocycles.